The Hall–Kier alpha value is -2.69. The van der Waals surface area contributed by atoms with Gasteiger partial charge in [0.2, 0.25) is 0 Å². The van der Waals surface area contributed by atoms with Crippen LogP contribution in [-0.2, 0) is 13.1 Å². The zero-order valence-corrected chi connectivity index (χ0v) is 13.8. The van der Waals surface area contributed by atoms with Crippen LogP contribution in [0.15, 0.2) is 48.5 Å². The summed E-state index contributed by atoms with van der Waals surface area (Å²) in [5.74, 6) is 0.693. The van der Waals surface area contributed by atoms with E-state index in [0.717, 1.165) is 23.4 Å². The van der Waals surface area contributed by atoms with Gasteiger partial charge < -0.3 is 9.88 Å². The van der Waals surface area contributed by atoms with Gasteiger partial charge in [-0.1, -0.05) is 26.0 Å². The lowest BCUT2D eigenvalue weighted by Gasteiger charge is -2.12. The molecule has 5 heteroatoms. The standard InChI is InChI=1S/C19H20FN3O/c1-13(2)12-23-17-6-4-3-5-16(17)22-18(23)11-21-19(24)14-7-9-15(20)10-8-14/h3-10,13H,11-12H2,1-2H3,(H,21,24). The third-order valence-corrected chi connectivity index (χ3v) is 3.79. The van der Waals surface area contributed by atoms with Gasteiger partial charge in [-0.2, -0.15) is 0 Å². The van der Waals surface area contributed by atoms with Crippen molar-refractivity contribution >= 4 is 16.9 Å². The Bertz CT molecular complexity index is 853. The molecule has 0 fully saturated rings. The van der Waals surface area contributed by atoms with Gasteiger partial charge in [-0.15, -0.1) is 0 Å². The molecule has 3 rings (SSSR count). The summed E-state index contributed by atoms with van der Waals surface area (Å²) >= 11 is 0. The molecule has 1 aromatic heterocycles. The second kappa shape index (κ2) is 6.83. The number of amides is 1. The molecular formula is C19H20FN3O. The SMILES string of the molecule is CC(C)Cn1c(CNC(=O)c2ccc(F)cc2)nc2ccccc21. The van der Waals surface area contributed by atoms with Gasteiger partial charge in [-0.05, 0) is 42.3 Å². The van der Waals surface area contributed by atoms with Gasteiger partial charge >= 0.3 is 0 Å². The minimum absolute atomic E-state index is 0.238. The molecule has 0 aliphatic rings. The number of fused-ring (bicyclic) bond motifs is 1. The van der Waals surface area contributed by atoms with Crippen LogP contribution in [0, 0.1) is 11.7 Å². The van der Waals surface area contributed by atoms with E-state index in [1.807, 2.05) is 24.3 Å². The van der Waals surface area contributed by atoms with Crippen molar-refractivity contribution in [3.05, 3.63) is 65.7 Å². The van der Waals surface area contributed by atoms with Crippen LogP contribution in [0.1, 0.15) is 30.0 Å². The number of benzene rings is 2. The lowest BCUT2D eigenvalue weighted by atomic mass is 10.2. The summed E-state index contributed by atoms with van der Waals surface area (Å²) in [6.07, 6.45) is 0. The Balaban J connectivity index is 1.81. The molecule has 124 valence electrons. The molecule has 0 bridgehead atoms. The Morgan fingerprint density at radius 2 is 1.88 bits per heavy atom. The monoisotopic (exact) mass is 325 g/mol. The van der Waals surface area contributed by atoms with E-state index >= 15 is 0 Å². The number of rotatable bonds is 5. The van der Waals surface area contributed by atoms with E-state index in [-0.39, 0.29) is 11.7 Å². The molecule has 3 aromatic rings. The molecule has 2 aromatic carbocycles. The lowest BCUT2D eigenvalue weighted by molar-refractivity contribution is 0.0949. The molecule has 1 heterocycles. The first kappa shape index (κ1) is 16.2. The van der Waals surface area contributed by atoms with Crippen molar-refractivity contribution in [3.63, 3.8) is 0 Å². The summed E-state index contributed by atoms with van der Waals surface area (Å²) < 4.78 is 15.1. The fraction of sp³-hybridized carbons (Fsp3) is 0.263. The molecule has 0 saturated carbocycles. The fourth-order valence-corrected chi connectivity index (χ4v) is 2.69. The average Bonchev–Trinajstić information content (AvgIpc) is 2.90. The number of carbonyl (C=O) groups is 1. The summed E-state index contributed by atoms with van der Waals surface area (Å²) in [5.41, 5.74) is 2.42. The predicted molar refractivity (Wildman–Crippen MR) is 92.1 cm³/mol. The highest BCUT2D eigenvalue weighted by Gasteiger charge is 2.13. The number of hydrogen-bond acceptors (Lipinski definition) is 2. The van der Waals surface area contributed by atoms with Gasteiger partial charge in [0.1, 0.15) is 11.6 Å². The molecule has 24 heavy (non-hydrogen) atoms. The maximum absolute atomic E-state index is 12.9. The summed E-state index contributed by atoms with van der Waals surface area (Å²) in [5, 5.41) is 2.86. The fourth-order valence-electron chi connectivity index (χ4n) is 2.69. The first-order chi connectivity index (χ1) is 11.5. The highest BCUT2D eigenvalue weighted by Crippen LogP contribution is 2.18. The van der Waals surface area contributed by atoms with Crippen LogP contribution in [0.3, 0.4) is 0 Å². The number of hydrogen-bond donors (Lipinski definition) is 1. The summed E-state index contributed by atoms with van der Waals surface area (Å²) in [7, 11) is 0. The molecule has 0 saturated heterocycles. The van der Waals surface area contributed by atoms with Crippen LogP contribution >= 0.6 is 0 Å². The van der Waals surface area contributed by atoms with E-state index < -0.39 is 0 Å². The van der Waals surface area contributed by atoms with E-state index in [1.54, 1.807) is 0 Å². The molecule has 0 atom stereocenters. The minimum atomic E-state index is -0.356. The highest BCUT2D eigenvalue weighted by molar-refractivity contribution is 5.94. The molecule has 0 radical (unpaired) electrons. The van der Waals surface area contributed by atoms with Crippen molar-refractivity contribution in [2.45, 2.75) is 26.9 Å². The van der Waals surface area contributed by atoms with Gasteiger partial charge in [-0.25, -0.2) is 9.37 Å². The number of imidazole rings is 1. The van der Waals surface area contributed by atoms with Gasteiger partial charge in [0.05, 0.1) is 17.6 Å². The van der Waals surface area contributed by atoms with Crippen molar-refractivity contribution in [2.75, 3.05) is 0 Å². The van der Waals surface area contributed by atoms with Gasteiger partial charge in [0.25, 0.3) is 5.91 Å². The molecular weight excluding hydrogens is 305 g/mol. The molecule has 1 amide bonds. The Morgan fingerprint density at radius 1 is 1.17 bits per heavy atom. The summed E-state index contributed by atoms with van der Waals surface area (Å²) in [6, 6.07) is 13.5. The van der Waals surface area contributed by atoms with Crippen LogP contribution in [0.4, 0.5) is 4.39 Å². The van der Waals surface area contributed by atoms with Crippen LogP contribution in [0.2, 0.25) is 0 Å². The molecule has 4 nitrogen and oxygen atoms in total. The van der Waals surface area contributed by atoms with Crippen molar-refractivity contribution in [1.29, 1.82) is 0 Å². The zero-order chi connectivity index (χ0) is 17.1. The quantitative estimate of drug-likeness (QED) is 0.776. The van der Waals surface area contributed by atoms with E-state index in [0.29, 0.717) is 18.0 Å². The van der Waals surface area contributed by atoms with Crippen LogP contribution in [0.5, 0.6) is 0 Å². The van der Waals surface area contributed by atoms with E-state index in [4.69, 9.17) is 0 Å². The highest BCUT2D eigenvalue weighted by atomic mass is 19.1. The normalized spacial score (nSPS) is 11.2. The van der Waals surface area contributed by atoms with Crippen LogP contribution in [-0.4, -0.2) is 15.5 Å². The summed E-state index contributed by atoms with van der Waals surface area (Å²) in [6.45, 7) is 5.46. The summed E-state index contributed by atoms with van der Waals surface area (Å²) in [4.78, 5) is 16.8. The first-order valence-electron chi connectivity index (χ1n) is 8.02. The predicted octanol–water partition coefficient (Wildman–Crippen LogP) is 3.76. The molecule has 0 spiro atoms. The Labute approximate surface area is 140 Å². The van der Waals surface area contributed by atoms with Crippen molar-refractivity contribution in [1.82, 2.24) is 14.9 Å². The molecule has 0 aliphatic carbocycles. The van der Waals surface area contributed by atoms with E-state index in [9.17, 15) is 9.18 Å². The van der Waals surface area contributed by atoms with Gasteiger partial charge in [0.15, 0.2) is 0 Å². The number of halogens is 1. The Kier molecular flexibility index (Phi) is 4.60. The largest absolute Gasteiger partial charge is 0.345 e. The molecule has 0 aliphatic heterocycles. The molecule has 0 unspecified atom stereocenters. The average molecular weight is 325 g/mol. The van der Waals surface area contributed by atoms with Crippen molar-refractivity contribution < 1.29 is 9.18 Å². The zero-order valence-electron chi connectivity index (χ0n) is 13.8. The first-order valence-corrected chi connectivity index (χ1v) is 8.02. The second-order valence-electron chi connectivity index (χ2n) is 6.21. The van der Waals surface area contributed by atoms with Gasteiger partial charge in [-0.3, -0.25) is 4.79 Å². The van der Waals surface area contributed by atoms with Gasteiger partial charge in [0, 0.05) is 12.1 Å². The number of para-hydroxylation sites is 2. The minimum Gasteiger partial charge on any atom is -0.345 e. The lowest BCUT2D eigenvalue weighted by Crippen LogP contribution is -2.25. The van der Waals surface area contributed by atoms with Crippen LogP contribution < -0.4 is 5.32 Å². The number of aromatic nitrogens is 2. The third-order valence-electron chi connectivity index (χ3n) is 3.79. The topological polar surface area (TPSA) is 46.9 Å². The van der Waals surface area contributed by atoms with Crippen molar-refractivity contribution in [2.24, 2.45) is 5.92 Å². The number of carbonyl (C=O) groups excluding carboxylic acids is 1. The third kappa shape index (κ3) is 3.45. The van der Waals surface area contributed by atoms with Crippen LogP contribution in [0.25, 0.3) is 11.0 Å². The maximum atomic E-state index is 12.9. The number of nitrogens with zero attached hydrogens (tertiary/aromatic N) is 2. The Morgan fingerprint density at radius 3 is 2.58 bits per heavy atom. The smallest absolute Gasteiger partial charge is 0.251 e. The van der Waals surface area contributed by atoms with E-state index in [2.05, 4.69) is 28.7 Å². The molecule has 1 N–H and O–H groups in total. The van der Waals surface area contributed by atoms with E-state index in [1.165, 1.54) is 24.3 Å². The van der Waals surface area contributed by atoms with Crippen molar-refractivity contribution in [3.8, 4) is 0 Å². The second-order valence-corrected chi connectivity index (χ2v) is 6.21. The number of nitrogens with one attached hydrogen (secondary N) is 1. The maximum Gasteiger partial charge on any atom is 0.251 e.